The number of amides is 2. The van der Waals surface area contributed by atoms with Gasteiger partial charge in [0.1, 0.15) is 11.9 Å². The second-order valence-corrected chi connectivity index (χ2v) is 9.57. The zero-order chi connectivity index (χ0) is 24.1. The molecule has 0 radical (unpaired) electrons. The van der Waals surface area contributed by atoms with Crippen LogP contribution in [-0.2, 0) is 9.47 Å². The van der Waals surface area contributed by atoms with E-state index in [-0.39, 0.29) is 30.3 Å². The SMILES string of the molecule is CC(C)OC(=O)N1[C@@H]2C(=C[C@H]3Oc4ccc(-c5ccccc5)cc4[C@@H]23)[C@H](C)N1C(=O)OC(C)C. The molecule has 7 nitrogen and oxygen atoms in total. The van der Waals surface area contributed by atoms with Crippen LogP contribution in [0.15, 0.2) is 60.2 Å². The molecule has 0 aromatic heterocycles. The van der Waals surface area contributed by atoms with E-state index in [9.17, 15) is 9.59 Å². The largest absolute Gasteiger partial charge is 0.485 e. The molecule has 4 atom stereocenters. The van der Waals surface area contributed by atoms with Crippen molar-refractivity contribution >= 4 is 12.2 Å². The van der Waals surface area contributed by atoms with Gasteiger partial charge < -0.3 is 14.2 Å². The van der Waals surface area contributed by atoms with Crippen molar-refractivity contribution in [1.82, 2.24) is 10.0 Å². The number of carbonyl (C=O) groups is 2. The number of hydrogen-bond acceptors (Lipinski definition) is 5. The van der Waals surface area contributed by atoms with Gasteiger partial charge in [-0.05, 0) is 69.5 Å². The molecule has 0 bridgehead atoms. The minimum atomic E-state index is -0.565. The van der Waals surface area contributed by atoms with Crippen LogP contribution in [0.25, 0.3) is 11.1 Å². The molecule has 2 aromatic rings. The number of benzene rings is 2. The van der Waals surface area contributed by atoms with E-state index in [4.69, 9.17) is 14.2 Å². The molecule has 2 amide bonds. The highest BCUT2D eigenvalue weighted by Crippen LogP contribution is 2.53. The summed E-state index contributed by atoms with van der Waals surface area (Å²) in [6, 6.07) is 15.6. The van der Waals surface area contributed by atoms with Gasteiger partial charge in [-0.1, -0.05) is 36.4 Å². The van der Waals surface area contributed by atoms with Crippen LogP contribution in [0, 0.1) is 0 Å². The average molecular weight is 463 g/mol. The topological polar surface area (TPSA) is 68.3 Å². The van der Waals surface area contributed by atoms with E-state index in [0.29, 0.717) is 0 Å². The predicted molar refractivity (Wildman–Crippen MR) is 127 cm³/mol. The number of carbonyl (C=O) groups excluding carboxylic acids is 2. The molecular formula is C27H30N2O5. The summed E-state index contributed by atoms with van der Waals surface area (Å²) in [5, 5.41) is 2.84. The molecule has 178 valence electrons. The van der Waals surface area contributed by atoms with Crippen LogP contribution in [0.4, 0.5) is 9.59 Å². The second kappa shape index (κ2) is 8.38. The van der Waals surface area contributed by atoms with Crippen LogP contribution < -0.4 is 4.74 Å². The molecule has 1 saturated heterocycles. The van der Waals surface area contributed by atoms with Gasteiger partial charge in [-0.2, -0.15) is 0 Å². The summed E-state index contributed by atoms with van der Waals surface area (Å²) in [4.78, 5) is 26.4. The fraction of sp³-hybridized carbons (Fsp3) is 0.407. The van der Waals surface area contributed by atoms with Crippen molar-refractivity contribution in [2.24, 2.45) is 0 Å². The summed E-state index contributed by atoms with van der Waals surface area (Å²) in [6.07, 6.45) is 0.0831. The lowest BCUT2D eigenvalue weighted by atomic mass is 9.88. The van der Waals surface area contributed by atoms with Crippen LogP contribution in [0.1, 0.15) is 46.1 Å². The maximum absolute atomic E-state index is 13.3. The lowest BCUT2D eigenvalue weighted by Crippen LogP contribution is -2.53. The van der Waals surface area contributed by atoms with Crippen molar-refractivity contribution in [2.75, 3.05) is 0 Å². The summed E-state index contributed by atoms with van der Waals surface area (Å²) >= 11 is 0. The summed E-state index contributed by atoms with van der Waals surface area (Å²) in [5.74, 6) is 0.658. The first-order valence-corrected chi connectivity index (χ1v) is 11.8. The Morgan fingerprint density at radius 3 is 2.18 bits per heavy atom. The Balaban J connectivity index is 1.56. The molecule has 5 rings (SSSR count). The molecule has 7 heteroatoms. The molecule has 0 N–H and O–H groups in total. The maximum atomic E-state index is 13.3. The minimum absolute atomic E-state index is 0.146. The standard InChI is InChI=1S/C27H30N2O5/c1-15(2)32-26(30)28-17(5)20-14-23-24(25(20)29(28)27(31)33-16(3)4)21-13-19(11-12-22(21)34-23)18-9-7-6-8-10-18/h6-17,23-25H,1-5H3/t17-,23+,24+,25+/m0/s1. The number of ether oxygens (including phenoxy) is 3. The number of fused-ring (bicyclic) bond motifs is 5. The Hall–Kier alpha value is -3.48. The molecule has 34 heavy (non-hydrogen) atoms. The van der Waals surface area contributed by atoms with Crippen molar-refractivity contribution in [1.29, 1.82) is 0 Å². The summed E-state index contributed by atoms with van der Waals surface area (Å²) in [6.45, 7) is 9.08. The third-order valence-electron chi connectivity index (χ3n) is 6.52. The van der Waals surface area contributed by atoms with E-state index in [1.165, 1.54) is 10.0 Å². The van der Waals surface area contributed by atoms with Crippen LogP contribution in [0.2, 0.25) is 0 Å². The zero-order valence-electron chi connectivity index (χ0n) is 20.1. The molecule has 0 spiro atoms. The second-order valence-electron chi connectivity index (χ2n) is 9.57. The van der Waals surface area contributed by atoms with Crippen LogP contribution >= 0.6 is 0 Å². The van der Waals surface area contributed by atoms with Gasteiger partial charge in [0.15, 0.2) is 0 Å². The molecule has 1 fully saturated rings. The summed E-state index contributed by atoms with van der Waals surface area (Å²) < 4.78 is 17.4. The zero-order valence-corrected chi connectivity index (χ0v) is 20.1. The normalized spacial score (nSPS) is 24.5. The monoisotopic (exact) mass is 462 g/mol. The molecular weight excluding hydrogens is 432 g/mol. The fourth-order valence-electron chi connectivity index (χ4n) is 5.21. The van der Waals surface area contributed by atoms with Crippen LogP contribution in [-0.4, -0.2) is 52.6 Å². The van der Waals surface area contributed by atoms with Crippen molar-refractivity contribution in [3.05, 3.63) is 65.7 Å². The first kappa shape index (κ1) is 22.3. The maximum Gasteiger partial charge on any atom is 0.429 e. The van der Waals surface area contributed by atoms with Crippen molar-refractivity contribution in [3.8, 4) is 16.9 Å². The summed E-state index contributed by atoms with van der Waals surface area (Å²) in [5.41, 5.74) is 4.18. The fourth-order valence-corrected chi connectivity index (χ4v) is 5.21. The van der Waals surface area contributed by atoms with E-state index >= 15 is 0 Å². The Bertz CT molecular complexity index is 1140. The van der Waals surface area contributed by atoms with Gasteiger partial charge in [0.05, 0.1) is 30.2 Å². The lowest BCUT2D eigenvalue weighted by molar-refractivity contribution is -0.0394. The smallest absolute Gasteiger partial charge is 0.429 e. The van der Waals surface area contributed by atoms with Gasteiger partial charge in [0.25, 0.3) is 0 Å². The quantitative estimate of drug-likeness (QED) is 0.562. The van der Waals surface area contributed by atoms with E-state index in [1.54, 1.807) is 27.7 Å². The summed E-state index contributed by atoms with van der Waals surface area (Å²) in [7, 11) is 0. The molecule has 0 saturated carbocycles. The highest BCUT2D eigenvalue weighted by atomic mass is 16.6. The predicted octanol–water partition coefficient (Wildman–Crippen LogP) is 5.52. The van der Waals surface area contributed by atoms with E-state index in [0.717, 1.165) is 28.0 Å². The van der Waals surface area contributed by atoms with Gasteiger partial charge in [-0.25, -0.2) is 19.6 Å². The van der Waals surface area contributed by atoms with Gasteiger partial charge in [-0.3, -0.25) is 0 Å². The van der Waals surface area contributed by atoms with Crippen molar-refractivity contribution in [3.63, 3.8) is 0 Å². The molecule has 0 unspecified atom stereocenters. The molecule has 2 heterocycles. The Kier molecular flexibility index (Phi) is 5.50. The lowest BCUT2D eigenvalue weighted by Gasteiger charge is -2.34. The van der Waals surface area contributed by atoms with Gasteiger partial charge in [0.2, 0.25) is 0 Å². The van der Waals surface area contributed by atoms with Gasteiger partial charge in [-0.15, -0.1) is 0 Å². The first-order chi connectivity index (χ1) is 16.3. The third kappa shape index (κ3) is 3.59. The van der Waals surface area contributed by atoms with Gasteiger partial charge >= 0.3 is 12.2 Å². The van der Waals surface area contributed by atoms with E-state index in [1.807, 2.05) is 37.3 Å². The van der Waals surface area contributed by atoms with Crippen LogP contribution in [0.3, 0.4) is 0 Å². The number of rotatable bonds is 3. The van der Waals surface area contributed by atoms with Crippen molar-refractivity contribution < 1.29 is 23.8 Å². The van der Waals surface area contributed by atoms with Crippen LogP contribution in [0.5, 0.6) is 5.75 Å². The average Bonchev–Trinajstić information content (AvgIpc) is 3.40. The third-order valence-corrected chi connectivity index (χ3v) is 6.52. The highest BCUT2D eigenvalue weighted by molar-refractivity contribution is 5.78. The Morgan fingerprint density at radius 2 is 1.53 bits per heavy atom. The molecule has 3 aliphatic rings. The number of hydrazine groups is 1. The number of hydrogen-bond donors (Lipinski definition) is 0. The minimum Gasteiger partial charge on any atom is -0.485 e. The number of nitrogens with zero attached hydrogens (tertiary/aromatic N) is 2. The Morgan fingerprint density at radius 1 is 0.882 bits per heavy atom. The molecule has 2 aliphatic heterocycles. The molecule has 2 aromatic carbocycles. The van der Waals surface area contributed by atoms with Crippen molar-refractivity contribution in [2.45, 2.75) is 70.9 Å². The highest BCUT2D eigenvalue weighted by Gasteiger charge is 2.58. The molecule has 1 aliphatic carbocycles. The Labute approximate surface area is 199 Å². The van der Waals surface area contributed by atoms with E-state index in [2.05, 4.69) is 24.3 Å². The van der Waals surface area contributed by atoms with E-state index < -0.39 is 18.2 Å². The first-order valence-electron chi connectivity index (χ1n) is 11.8. The van der Waals surface area contributed by atoms with Gasteiger partial charge in [0, 0.05) is 5.56 Å².